The van der Waals surface area contributed by atoms with Gasteiger partial charge in [0.05, 0.1) is 11.8 Å². The lowest BCUT2D eigenvalue weighted by molar-refractivity contribution is -0.185. The largest absolute Gasteiger partial charge is 0.472 e. The van der Waals surface area contributed by atoms with E-state index in [-0.39, 0.29) is 11.3 Å². The van der Waals surface area contributed by atoms with Crippen molar-refractivity contribution in [2.75, 3.05) is 0 Å². The van der Waals surface area contributed by atoms with Crippen LogP contribution in [0.2, 0.25) is 0 Å². The van der Waals surface area contributed by atoms with Gasteiger partial charge in [-0.15, -0.1) is 0 Å². The highest BCUT2D eigenvalue weighted by Crippen LogP contribution is 2.33. The zero-order valence-corrected chi connectivity index (χ0v) is 9.10. The third-order valence-corrected chi connectivity index (χ3v) is 2.25. The maximum absolute atomic E-state index is 13.7. The Labute approximate surface area is 101 Å². The predicted molar refractivity (Wildman–Crippen MR) is 58.2 cm³/mol. The van der Waals surface area contributed by atoms with Gasteiger partial charge in [0.2, 0.25) is 0 Å². The smallest absolute Gasteiger partial charge is 0.429 e. The Morgan fingerprint density at radius 3 is 2.61 bits per heavy atom. The van der Waals surface area contributed by atoms with Crippen LogP contribution in [0.4, 0.5) is 8.78 Å². The molecular formula is C12H9F2NO3. The molecule has 0 radical (unpaired) electrons. The van der Waals surface area contributed by atoms with Crippen LogP contribution in [0.25, 0.3) is 0 Å². The normalized spacial score (nSPS) is 11.2. The molecule has 0 aliphatic carbocycles. The number of carbonyl (C=O) groups excluding carboxylic acids is 1. The molecule has 0 atom stereocenters. The molecule has 18 heavy (non-hydrogen) atoms. The van der Waals surface area contributed by atoms with Crippen LogP contribution in [0.1, 0.15) is 15.9 Å². The fraction of sp³-hybridized carbons (Fsp3) is 0.0833. The Balaban J connectivity index is 2.32. The van der Waals surface area contributed by atoms with Crippen molar-refractivity contribution >= 4 is 5.91 Å². The first-order valence-corrected chi connectivity index (χ1v) is 4.99. The van der Waals surface area contributed by atoms with Gasteiger partial charge in [-0.1, -0.05) is 12.1 Å². The van der Waals surface area contributed by atoms with Crippen LogP contribution in [-0.4, -0.2) is 5.91 Å². The first-order chi connectivity index (χ1) is 8.50. The summed E-state index contributed by atoms with van der Waals surface area (Å²) in [6.45, 7) is 0. The summed E-state index contributed by atoms with van der Waals surface area (Å²) in [6.07, 6.45) is -1.63. The molecule has 0 aliphatic heterocycles. The molecule has 0 aliphatic rings. The van der Waals surface area contributed by atoms with Crippen molar-refractivity contribution < 1.29 is 22.7 Å². The number of nitrogens with two attached hydrogens (primary N) is 1. The second-order valence-electron chi connectivity index (χ2n) is 3.49. The van der Waals surface area contributed by atoms with Crippen LogP contribution in [0.3, 0.4) is 0 Å². The summed E-state index contributed by atoms with van der Waals surface area (Å²) in [5.41, 5.74) is 4.52. The number of benzene rings is 1. The Morgan fingerprint density at radius 1 is 1.28 bits per heavy atom. The minimum atomic E-state index is -3.60. The van der Waals surface area contributed by atoms with E-state index in [0.717, 1.165) is 18.6 Å². The Hall–Kier alpha value is -2.37. The summed E-state index contributed by atoms with van der Waals surface area (Å²) in [4.78, 5) is 11.1. The van der Waals surface area contributed by atoms with Crippen molar-refractivity contribution in [1.82, 2.24) is 0 Å². The molecule has 0 unspecified atom stereocenters. The van der Waals surface area contributed by atoms with E-state index in [9.17, 15) is 13.6 Å². The molecule has 0 saturated carbocycles. The average molecular weight is 253 g/mol. The van der Waals surface area contributed by atoms with E-state index in [2.05, 4.69) is 9.15 Å². The third-order valence-electron chi connectivity index (χ3n) is 2.25. The van der Waals surface area contributed by atoms with Crippen molar-refractivity contribution in [1.29, 1.82) is 0 Å². The van der Waals surface area contributed by atoms with Gasteiger partial charge in [-0.2, -0.15) is 8.78 Å². The molecule has 6 heteroatoms. The zero-order chi connectivity index (χ0) is 13.2. The number of alkyl halides is 2. The van der Waals surface area contributed by atoms with Crippen molar-refractivity contribution in [2.24, 2.45) is 5.73 Å². The van der Waals surface area contributed by atoms with Crippen LogP contribution < -0.4 is 10.5 Å². The number of para-hydroxylation sites is 1. The standard InChI is InChI=1S/C12H9F2NO3/c13-12(14,8-5-6-17-7-8)18-10-4-2-1-3-9(10)11(15)16/h1-7H,(H2,15,16). The lowest BCUT2D eigenvalue weighted by atomic mass is 10.2. The molecule has 0 bridgehead atoms. The van der Waals surface area contributed by atoms with Crippen LogP contribution in [0.5, 0.6) is 5.75 Å². The molecule has 4 nitrogen and oxygen atoms in total. The third kappa shape index (κ3) is 2.32. The van der Waals surface area contributed by atoms with Gasteiger partial charge in [0.15, 0.2) is 0 Å². The van der Waals surface area contributed by atoms with Crippen LogP contribution >= 0.6 is 0 Å². The lowest BCUT2D eigenvalue weighted by Crippen LogP contribution is -2.23. The first kappa shape index (κ1) is 12.1. The quantitative estimate of drug-likeness (QED) is 0.910. The number of furan rings is 1. The Bertz CT molecular complexity index is 552. The fourth-order valence-electron chi connectivity index (χ4n) is 1.39. The molecule has 1 aromatic heterocycles. The van der Waals surface area contributed by atoms with Crippen molar-refractivity contribution in [3.63, 3.8) is 0 Å². The predicted octanol–water partition coefficient (Wildman–Crippen LogP) is 2.51. The SMILES string of the molecule is NC(=O)c1ccccc1OC(F)(F)c1ccoc1. The number of carbonyl (C=O) groups is 1. The number of amides is 1. The Kier molecular flexibility index (Phi) is 3.01. The Morgan fingerprint density at radius 2 is 2.00 bits per heavy atom. The molecule has 94 valence electrons. The van der Waals surface area contributed by atoms with Gasteiger partial charge < -0.3 is 14.9 Å². The number of ether oxygens (including phenoxy) is 1. The van der Waals surface area contributed by atoms with Crippen molar-refractivity contribution in [3.8, 4) is 5.75 Å². The molecule has 1 aromatic carbocycles. The highest BCUT2D eigenvalue weighted by atomic mass is 19.3. The molecule has 2 N–H and O–H groups in total. The zero-order valence-electron chi connectivity index (χ0n) is 9.10. The minimum Gasteiger partial charge on any atom is -0.472 e. The minimum absolute atomic E-state index is 0.110. The number of rotatable bonds is 4. The van der Waals surface area contributed by atoms with E-state index in [4.69, 9.17) is 5.73 Å². The van der Waals surface area contributed by atoms with Gasteiger partial charge in [0, 0.05) is 0 Å². The van der Waals surface area contributed by atoms with Crippen LogP contribution in [0.15, 0.2) is 47.3 Å². The monoisotopic (exact) mass is 253 g/mol. The summed E-state index contributed by atoms with van der Waals surface area (Å²) >= 11 is 0. The van der Waals surface area contributed by atoms with Gasteiger partial charge in [-0.3, -0.25) is 4.79 Å². The first-order valence-electron chi connectivity index (χ1n) is 4.99. The number of hydrogen-bond donors (Lipinski definition) is 1. The van der Waals surface area contributed by atoms with E-state index < -0.39 is 17.6 Å². The topological polar surface area (TPSA) is 65.5 Å². The molecule has 1 amide bonds. The molecule has 0 fully saturated rings. The summed E-state index contributed by atoms with van der Waals surface area (Å²) in [6, 6.07) is 6.60. The molecule has 2 rings (SSSR count). The molecule has 0 spiro atoms. The summed E-state index contributed by atoms with van der Waals surface area (Å²) in [5, 5.41) is 0. The van der Waals surface area contributed by atoms with Gasteiger partial charge in [-0.25, -0.2) is 0 Å². The highest BCUT2D eigenvalue weighted by molar-refractivity contribution is 5.95. The van der Waals surface area contributed by atoms with E-state index >= 15 is 0 Å². The lowest BCUT2D eigenvalue weighted by Gasteiger charge is -2.17. The van der Waals surface area contributed by atoms with E-state index in [1.54, 1.807) is 0 Å². The number of halogens is 2. The summed E-state index contributed by atoms with van der Waals surface area (Å²) in [5.74, 6) is -1.12. The molecule has 0 saturated heterocycles. The summed E-state index contributed by atoms with van der Waals surface area (Å²) < 4.78 is 36.5. The number of hydrogen-bond acceptors (Lipinski definition) is 3. The number of primary amides is 1. The van der Waals surface area contributed by atoms with Gasteiger partial charge in [0.1, 0.15) is 17.6 Å². The van der Waals surface area contributed by atoms with Crippen molar-refractivity contribution in [3.05, 3.63) is 54.0 Å². The van der Waals surface area contributed by atoms with Gasteiger partial charge in [-0.05, 0) is 18.2 Å². The van der Waals surface area contributed by atoms with Crippen LogP contribution in [0, 0.1) is 0 Å². The second kappa shape index (κ2) is 4.48. The molecule has 2 aromatic rings. The second-order valence-corrected chi connectivity index (χ2v) is 3.49. The molecule has 1 heterocycles. The molecular weight excluding hydrogens is 244 g/mol. The maximum atomic E-state index is 13.7. The maximum Gasteiger partial charge on any atom is 0.429 e. The van der Waals surface area contributed by atoms with Gasteiger partial charge >= 0.3 is 6.11 Å². The van der Waals surface area contributed by atoms with Gasteiger partial charge in [0.25, 0.3) is 5.91 Å². The van der Waals surface area contributed by atoms with E-state index in [1.165, 1.54) is 24.3 Å². The van der Waals surface area contributed by atoms with E-state index in [1.807, 2.05) is 0 Å². The highest BCUT2D eigenvalue weighted by Gasteiger charge is 2.36. The average Bonchev–Trinajstić information content (AvgIpc) is 2.83. The summed E-state index contributed by atoms with van der Waals surface area (Å²) in [7, 11) is 0. The fourth-order valence-corrected chi connectivity index (χ4v) is 1.39. The van der Waals surface area contributed by atoms with Crippen molar-refractivity contribution in [2.45, 2.75) is 6.11 Å². The van der Waals surface area contributed by atoms with Crippen LogP contribution in [-0.2, 0) is 6.11 Å². The van der Waals surface area contributed by atoms with E-state index in [0.29, 0.717) is 0 Å².